The molecule has 7 heteroatoms. The normalized spacial score (nSPS) is 18.7. The molecule has 0 spiro atoms. The van der Waals surface area contributed by atoms with Gasteiger partial charge in [0, 0.05) is 23.8 Å². The summed E-state index contributed by atoms with van der Waals surface area (Å²) in [6, 6.07) is 18.1. The van der Waals surface area contributed by atoms with Crippen LogP contribution in [0.1, 0.15) is 26.7 Å². The van der Waals surface area contributed by atoms with Gasteiger partial charge < -0.3 is 9.64 Å². The van der Waals surface area contributed by atoms with Crippen LogP contribution in [0.25, 0.3) is 17.1 Å². The van der Waals surface area contributed by atoms with E-state index in [2.05, 4.69) is 24.0 Å². The number of carbonyl (C=O) groups excluding carboxylic acids is 1. The van der Waals surface area contributed by atoms with E-state index in [4.69, 9.17) is 4.74 Å². The largest absolute Gasteiger partial charge is 0.497 e. The van der Waals surface area contributed by atoms with Crippen LogP contribution in [0.2, 0.25) is 0 Å². The van der Waals surface area contributed by atoms with Gasteiger partial charge in [0.25, 0.3) is 0 Å². The number of hydrogen-bond donors (Lipinski definition) is 0. The lowest BCUT2D eigenvalue weighted by atomic mass is 9.93. The highest BCUT2D eigenvalue weighted by Gasteiger charge is 2.27. The van der Waals surface area contributed by atoms with Gasteiger partial charge in [-0.15, -0.1) is 10.2 Å². The van der Waals surface area contributed by atoms with E-state index >= 15 is 0 Å². The minimum Gasteiger partial charge on any atom is -0.497 e. The lowest BCUT2D eigenvalue weighted by Gasteiger charge is -2.36. The van der Waals surface area contributed by atoms with Gasteiger partial charge in [0.2, 0.25) is 5.91 Å². The highest BCUT2D eigenvalue weighted by atomic mass is 32.2. The van der Waals surface area contributed by atoms with Gasteiger partial charge >= 0.3 is 0 Å². The van der Waals surface area contributed by atoms with Gasteiger partial charge in [-0.3, -0.25) is 9.36 Å². The van der Waals surface area contributed by atoms with Gasteiger partial charge in [0.05, 0.1) is 12.9 Å². The maximum atomic E-state index is 12.9. The number of ether oxygens (including phenoxy) is 1. The summed E-state index contributed by atoms with van der Waals surface area (Å²) in [5, 5.41) is 9.61. The molecular weight excluding hydrogens is 408 g/mol. The van der Waals surface area contributed by atoms with E-state index < -0.39 is 0 Å². The minimum absolute atomic E-state index is 0.162. The predicted molar refractivity (Wildman–Crippen MR) is 124 cm³/mol. The number of nitrogens with zero attached hydrogens (tertiary/aromatic N) is 4. The van der Waals surface area contributed by atoms with E-state index in [1.807, 2.05) is 64.1 Å². The molecule has 0 bridgehead atoms. The number of carbonyl (C=O) groups is 1. The second-order valence-electron chi connectivity index (χ2n) is 8.06. The molecule has 0 saturated carbocycles. The summed E-state index contributed by atoms with van der Waals surface area (Å²) < 4.78 is 7.39. The van der Waals surface area contributed by atoms with Crippen LogP contribution < -0.4 is 4.74 Å². The molecular formula is C24H28N4O2S. The zero-order chi connectivity index (χ0) is 21.8. The maximum Gasteiger partial charge on any atom is 0.233 e. The van der Waals surface area contributed by atoms with Crippen LogP contribution in [0.5, 0.6) is 5.75 Å². The van der Waals surface area contributed by atoms with Crippen LogP contribution in [-0.4, -0.2) is 51.0 Å². The fourth-order valence-corrected chi connectivity index (χ4v) is 4.95. The zero-order valence-corrected chi connectivity index (χ0v) is 19.0. The Morgan fingerprint density at radius 1 is 1.13 bits per heavy atom. The van der Waals surface area contributed by atoms with Crippen molar-refractivity contribution >= 4 is 17.7 Å². The quantitative estimate of drug-likeness (QED) is 0.525. The zero-order valence-electron chi connectivity index (χ0n) is 18.2. The molecule has 2 aromatic carbocycles. The van der Waals surface area contributed by atoms with Crippen LogP contribution in [0.3, 0.4) is 0 Å². The van der Waals surface area contributed by atoms with E-state index in [1.165, 1.54) is 11.8 Å². The third kappa shape index (κ3) is 4.77. The Balaban J connectivity index is 1.61. The van der Waals surface area contributed by atoms with Crippen molar-refractivity contribution in [2.24, 2.45) is 5.92 Å². The summed E-state index contributed by atoms with van der Waals surface area (Å²) in [7, 11) is 1.65. The summed E-state index contributed by atoms with van der Waals surface area (Å²) in [6.07, 6.45) is 2.14. The molecule has 1 aromatic heterocycles. The number of amides is 1. The number of piperidine rings is 1. The van der Waals surface area contributed by atoms with Crippen molar-refractivity contribution in [3.63, 3.8) is 0 Å². The van der Waals surface area contributed by atoms with Gasteiger partial charge in [0.15, 0.2) is 11.0 Å². The first kappa shape index (κ1) is 21.4. The van der Waals surface area contributed by atoms with Crippen LogP contribution in [0, 0.1) is 5.92 Å². The van der Waals surface area contributed by atoms with Crippen molar-refractivity contribution in [1.82, 2.24) is 19.7 Å². The third-order valence-electron chi connectivity index (χ3n) is 5.76. The Bertz CT molecular complexity index is 1040. The first-order valence-corrected chi connectivity index (χ1v) is 11.6. The molecule has 0 radical (unpaired) electrons. The average molecular weight is 437 g/mol. The first-order chi connectivity index (χ1) is 15.1. The lowest BCUT2D eigenvalue weighted by Crippen LogP contribution is -2.45. The van der Waals surface area contributed by atoms with E-state index in [1.54, 1.807) is 7.11 Å². The SMILES string of the molecule is COc1cccc(-c2nnc(SCC(=O)N3CC[C@@H](C)C[C@@H]3C)n2-c2ccccc2)c1. The average Bonchev–Trinajstić information content (AvgIpc) is 3.22. The number of para-hydroxylation sites is 1. The molecule has 1 aliphatic heterocycles. The van der Waals surface area contributed by atoms with Crippen LogP contribution in [0.4, 0.5) is 0 Å². The third-order valence-corrected chi connectivity index (χ3v) is 6.67. The molecule has 4 rings (SSSR count). The Kier molecular flexibility index (Phi) is 6.61. The van der Waals surface area contributed by atoms with E-state index in [-0.39, 0.29) is 11.9 Å². The number of aromatic nitrogens is 3. The molecule has 3 aromatic rings. The fraction of sp³-hybridized carbons (Fsp3) is 0.375. The number of thioether (sulfide) groups is 1. The van der Waals surface area contributed by atoms with Gasteiger partial charge in [-0.25, -0.2) is 0 Å². The second-order valence-corrected chi connectivity index (χ2v) is 9.01. The van der Waals surface area contributed by atoms with Crippen LogP contribution >= 0.6 is 11.8 Å². The number of rotatable bonds is 6. The van der Waals surface area contributed by atoms with Crippen molar-refractivity contribution in [3.05, 3.63) is 54.6 Å². The molecule has 2 atom stereocenters. The monoisotopic (exact) mass is 436 g/mol. The highest BCUT2D eigenvalue weighted by Crippen LogP contribution is 2.30. The summed E-state index contributed by atoms with van der Waals surface area (Å²) >= 11 is 1.44. The van der Waals surface area contributed by atoms with Crippen molar-refractivity contribution in [2.45, 2.75) is 37.9 Å². The van der Waals surface area contributed by atoms with Gasteiger partial charge in [-0.1, -0.05) is 49.0 Å². The van der Waals surface area contributed by atoms with Gasteiger partial charge in [-0.05, 0) is 49.9 Å². The molecule has 2 heterocycles. The molecule has 0 N–H and O–H groups in total. The second kappa shape index (κ2) is 9.56. The van der Waals surface area contributed by atoms with Crippen molar-refractivity contribution in [3.8, 4) is 22.8 Å². The topological polar surface area (TPSA) is 60.3 Å². The standard InChI is InChI=1S/C24H28N4O2S/c1-17-12-13-27(18(2)14-17)22(29)16-31-24-26-25-23(19-8-7-11-21(15-19)30-3)28(24)20-9-5-4-6-10-20/h4-11,15,17-18H,12-14,16H2,1-3H3/t17-,18+/m1/s1. The number of methoxy groups -OCH3 is 1. The molecule has 0 aliphatic carbocycles. The fourth-order valence-electron chi connectivity index (χ4n) is 4.11. The van der Waals surface area contributed by atoms with E-state index in [9.17, 15) is 4.79 Å². The smallest absolute Gasteiger partial charge is 0.233 e. The molecule has 1 saturated heterocycles. The first-order valence-electron chi connectivity index (χ1n) is 10.6. The van der Waals surface area contributed by atoms with E-state index in [0.717, 1.165) is 42.2 Å². The molecule has 6 nitrogen and oxygen atoms in total. The van der Waals surface area contributed by atoms with Crippen molar-refractivity contribution in [2.75, 3.05) is 19.4 Å². The Hall–Kier alpha value is -2.80. The Morgan fingerprint density at radius 3 is 2.68 bits per heavy atom. The summed E-state index contributed by atoms with van der Waals surface area (Å²) in [5.41, 5.74) is 1.87. The van der Waals surface area contributed by atoms with Crippen LogP contribution in [-0.2, 0) is 4.79 Å². The van der Waals surface area contributed by atoms with Gasteiger partial charge in [0.1, 0.15) is 5.75 Å². The number of likely N-dealkylation sites (tertiary alicyclic amines) is 1. The molecule has 1 fully saturated rings. The highest BCUT2D eigenvalue weighted by molar-refractivity contribution is 7.99. The maximum absolute atomic E-state index is 12.9. The predicted octanol–water partition coefficient (Wildman–Crippen LogP) is 4.68. The van der Waals surface area contributed by atoms with Crippen LogP contribution in [0.15, 0.2) is 59.8 Å². The van der Waals surface area contributed by atoms with Gasteiger partial charge in [-0.2, -0.15) is 0 Å². The molecule has 1 amide bonds. The van der Waals surface area contributed by atoms with E-state index in [0.29, 0.717) is 16.8 Å². The molecule has 31 heavy (non-hydrogen) atoms. The number of hydrogen-bond acceptors (Lipinski definition) is 5. The molecule has 162 valence electrons. The minimum atomic E-state index is 0.162. The molecule has 1 aliphatic rings. The Labute approximate surface area is 187 Å². The summed E-state index contributed by atoms with van der Waals surface area (Å²) in [6.45, 7) is 5.24. The Morgan fingerprint density at radius 2 is 1.94 bits per heavy atom. The summed E-state index contributed by atoms with van der Waals surface area (Å²) in [4.78, 5) is 14.9. The van der Waals surface area contributed by atoms with Crippen molar-refractivity contribution in [1.29, 1.82) is 0 Å². The van der Waals surface area contributed by atoms with Crippen molar-refractivity contribution < 1.29 is 9.53 Å². The number of benzene rings is 2. The summed E-state index contributed by atoms with van der Waals surface area (Å²) in [5.74, 6) is 2.67. The molecule has 0 unspecified atom stereocenters. The lowest BCUT2D eigenvalue weighted by molar-refractivity contribution is -0.132.